The number of rotatable bonds is 1. The molecule has 0 atom stereocenters. The van der Waals surface area contributed by atoms with Gasteiger partial charge in [0.1, 0.15) is 0 Å². The lowest BCUT2D eigenvalue weighted by atomic mass is 9.78. The Morgan fingerprint density at radius 2 is 2.00 bits per heavy atom. The summed E-state index contributed by atoms with van der Waals surface area (Å²) in [4.78, 5) is 1.41. The maximum atomic E-state index is 6.43. The molecule has 1 nitrogen and oxygen atoms in total. The van der Waals surface area contributed by atoms with E-state index in [-0.39, 0.29) is 5.54 Å². The molecule has 1 aliphatic rings. The van der Waals surface area contributed by atoms with E-state index in [1.807, 2.05) is 11.3 Å². The van der Waals surface area contributed by atoms with E-state index in [2.05, 4.69) is 18.4 Å². The SMILES string of the molecule is Cc1sccc1C1(N)CCCCC1. The number of thiophene rings is 1. The molecule has 0 spiro atoms. The molecule has 0 unspecified atom stereocenters. The van der Waals surface area contributed by atoms with Crippen LogP contribution in [0.4, 0.5) is 0 Å². The van der Waals surface area contributed by atoms with E-state index >= 15 is 0 Å². The molecule has 1 aromatic rings. The van der Waals surface area contributed by atoms with Gasteiger partial charge >= 0.3 is 0 Å². The zero-order valence-corrected chi connectivity index (χ0v) is 8.99. The normalized spacial score (nSPS) is 21.7. The van der Waals surface area contributed by atoms with Crippen LogP contribution in [-0.4, -0.2) is 0 Å². The Morgan fingerprint density at radius 1 is 1.31 bits per heavy atom. The Kier molecular flexibility index (Phi) is 2.43. The third-order valence-corrected chi connectivity index (χ3v) is 3.99. The first-order chi connectivity index (χ1) is 6.22. The molecular weight excluding hydrogens is 178 g/mol. The van der Waals surface area contributed by atoms with Gasteiger partial charge in [-0.1, -0.05) is 19.3 Å². The van der Waals surface area contributed by atoms with Gasteiger partial charge in [0, 0.05) is 10.4 Å². The van der Waals surface area contributed by atoms with Crippen molar-refractivity contribution in [2.75, 3.05) is 0 Å². The highest BCUT2D eigenvalue weighted by molar-refractivity contribution is 7.10. The van der Waals surface area contributed by atoms with Crippen molar-refractivity contribution in [3.8, 4) is 0 Å². The summed E-state index contributed by atoms with van der Waals surface area (Å²) in [6.07, 6.45) is 6.30. The van der Waals surface area contributed by atoms with Gasteiger partial charge in [0.05, 0.1) is 0 Å². The molecule has 2 N–H and O–H groups in total. The lowest BCUT2D eigenvalue weighted by Gasteiger charge is -2.33. The van der Waals surface area contributed by atoms with Crippen molar-refractivity contribution in [1.29, 1.82) is 0 Å². The molecule has 0 aliphatic heterocycles. The summed E-state index contributed by atoms with van der Waals surface area (Å²) in [6, 6.07) is 2.21. The highest BCUT2D eigenvalue weighted by Crippen LogP contribution is 2.37. The van der Waals surface area contributed by atoms with Gasteiger partial charge in [-0.2, -0.15) is 0 Å². The minimum Gasteiger partial charge on any atom is -0.321 e. The molecule has 0 radical (unpaired) electrons. The standard InChI is InChI=1S/C11H17NS/c1-9-10(5-8-13-9)11(12)6-3-2-4-7-11/h5,8H,2-4,6-7,12H2,1H3. The van der Waals surface area contributed by atoms with Gasteiger partial charge < -0.3 is 5.73 Å². The molecule has 2 rings (SSSR count). The monoisotopic (exact) mass is 195 g/mol. The van der Waals surface area contributed by atoms with E-state index in [0.29, 0.717) is 0 Å². The Morgan fingerprint density at radius 3 is 2.54 bits per heavy atom. The van der Waals surface area contributed by atoms with Gasteiger partial charge in [0.25, 0.3) is 0 Å². The van der Waals surface area contributed by atoms with Crippen molar-refractivity contribution >= 4 is 11.3 Å². The van der Waals surface area contributed by atoms with Gasteiger partial charge in [-0.05, 0) is 36.8 Å². The molecule has 2 heteroatoms. The van der Waals surface area contributed by atoms with Crippen molar-refractivity contribution in [3.63, 3.8) is 0 Å². The van der Waals surface area contributed by atoms with Crippen LogP contribution in [0.3, 0.4) is 0 Å². The summed E-state index contributed by atoms with van der Waals surface area (Å²) in [5.74, 6) is 0. The van der Waals surface area contributed by atoms with Crippen LogP contribution < -0.4 is 5.73 Å². The molecule has 13 heavy (non-hydrogen) atoms. The minimum absolute atomic E-state index is 0.00231. The second-order valence-corrected chi connectivity index (χ2v) is 5.23. The average Bonchev–Trinajstić information content (AvgIpc) is 2.53. The van der Waals surface area contributed by atoms with Gasteiger partial charge in [0.15, 0.2) is 0 Å². The smallest absolute Gasteiger partial charge is 0.0420 e. The molecule has 0 saturated heterocycles. The maximum Gasteiger partial charge on any atom is 0.0420 e. The highest BCUT2D eigenvalue weighted by Gasteiger charge is 2.30. The molecule has 0 amide bonds. The molecule has 1 aromatic heterocycles. The molecule has 1 heterocycles. The first-order valence-electron chi connectivity index (χ1n) is 5.06. The van der Waals surface area contributed by atoms with E-state index in [9.17, 15) is 0 Å². The maximum absolute atomic E-state index is 6.43. The van der Waals surface area contributed by atoms with Crippen LogP contribution in [0.15, 0.2) is 11.4 Å². The van der Waals surface area contributed by atoms with E-state index in [1.54, 1.807) is 0 Å². The predicted octanol–water partition coefficient (Wildman–Crippen LogP) is 3.17. The van der Waals surface area contributed by atoms with Crippen LogP contribution in [0.25, 0.3) is 0 Å². The Hall–Kier alpha value is -0.340. The van der Waals surface area contributed by atoms with Crippen molar-refractivity contribution < 1.29 is 0 Å². The van der Waals surface area contributed by atoms with Crippen molar-refractivity contribution in [1.82, 2.24) is 0 Å². The molecule has 0 bridgehead atoms. The van der Waals surface area contributed by atoms with Crippen LogP contribution in [0.1, 0.15) is 42.5 Å². The molecule has 1 saturated carbocycles. The van der Waals surface area contributed by atoms with Gasteiger partial charge in [-0.15, -0.1) is 11.3 Å². The summed E-state index contributed by atoms with van der Waals surface area (Å²) in [5, 5.41) is 2.16. The Labute approximate surface area is 84.0 Å². The highest BCUT2D eigenvalue weighted by atomic mass is 32.1. The summed E-state index contributed by atoms with van der Waals surface area (Å²) < 4.78 is 0. The van der Waals surface area contributed by atoms with Gasteiger partial charge in [-0.25, -0.2) is 0 Å². The zero-order chi connectivity index (χ0) is 9.31. The van der Waals surface area contributed by atoms with E-state index in [0.717, 1.165) is 0 Å². The molecule has 72 valence electrons. The van der Waals surface area contributed by atoms with Crippen molar-refractivity contribution in [2.45, 2.75) is 44.6 Å². The lowest BCUT2D eigenvalue weighted by Crippen LogP contribution is -2.38. The average molecular weight is 195 g/mol. The third kappa shape index (κ3) is 1.65. The number of aryl methyl sites for hydroxylation is 1. The second-order valence-electron chi connectivity index (χ2n) is 4.11. The molecule has 1 fully saturated rings. The fraction of sp³-hybridized carbons (Fsp3) is 0.636. The molecule has 0 aromatic carbocycles. The predicted molar refractivity (Wildman–Crippen MR) is 58.0 cm³/mol. The largest absolute Gasteiger partial charge is 0.321 e. The summed E-state index contributed by atoms with van der Waals surface area (Å²) in [7, 11) is 0. The first kappa shape index (κ1) is 9.22. The van der Waals surface area contributed by atoms with Crippen LogP contribution in [-0.2, 0) is 5.54 Å². The first-order valence-corrected chi connectivity index (χ1v) is 5.94. The molecule has 1 aliphatic carbocycles. The zero-order valence-electron chi connectivity index (χ0n) is 8.18. The quantitative estimate of drug-likeness (QED) is 0.732. The minimum atomic E-state index is 0.00231. The topological polar surface area (TPSA) is 26.0 Å². The Bertz CT molecular complexity index is 284. The molecular formula is C11H17NS. The summed E-state index contributed by atoms with van der Waals surface area (Å²) in [5.41, 5.74) is 7.83. The van der Waals surface area contributed by atoms with Crippen molar-refractivity contribution in [2.24, 2.45) is 5.73 Å². The fourth-order valence-corrected chi connectivity index (χ4v) is 3.16. The van der Waals surface area contributed by atoms with E-state index < -0.39 is 0 Å². The second kappa shape index (κ2) is 3.43. The fourth-order valence-electron chi connectivity index (χ4n) is 2.35. The number of hydrogen-bond acceptors (Lipinski definition) is 2. The lowest BCUT2D eigenvalue weighted by molar-refractivity contribution is 0.302. The van der Waals surface area contributed by atoms with Gasteiger partial charge in [-0.3, -0.25) is 0 Å². The van der Waals surface area contributed by atoms with Crippen LogP contribution >= 0.6 is 11.3 Å². The summed E-state index contributed by atoms with van der Waals surface area (Å²) >= 11 is 1.82. The Balaban J connectivity index is 2.27. The number of hydrogen-bond donors (Lipinski definition) is 1. The van der Waals surface area contributed by atoms with Crippen molar-refractivity contribution in [3.05, 3.63) is 21.9 Å². The number of nitrogens with two attached hydrogens (primary N) is 1. The van der Waals surface area contributed by atoms with Crippen LogP contribution in [0.5, 0.6) is 0 Å². The van der Waals surface area contributed by atoms with Gasteiger partial charge in [0.2, 0.25) is 0 Å². The van der Waals surface area contributed by atoms with E-state index in [1.165, 1.54) is 42.5 Å². The third-order valence-electron chi connectivity index (χ3n) is 3.14. The van der Waals surface area contributed by atoms with Crippen LogP contribution in [0, 0.1) is 6.92 Å². The van der Waals surface area contributed by atoms with E-state index in [4.69, 9.17) is 5.73 Å². The van der Waals surface area contributed by atoms with Crippen LogP contribution in [0.2, 0.25) is 0 Å². The summed E-state index contributed by atoms with van der Waals surface area (Å²) in [6.45, 7) is 2.18.